The number of rotatable bonds is 2. The standard InChI is InChI=1S/C23H16O2/c1-2-25-23(24)19-8-4-7-16-13-17-10-9-14-5-3-6-15-11-12-18(21(16)19)22(17)20(14)15/h3-13H,2H2,1H3. The number of hydrogen-bond acceptors (Lipinski definition) is 2. The molecule has 0 aliphatic heterocycles. The Morgan fingerprint density at radius 1 is 0.760 bits per heavy atom. The Labute approximate surface area is 145 Å². The number of benzene rings is 5. The summed E-state index contributed by atoms with van der Waals surface area (Å²) in [5.41, 5.74) is 0.636. The van der Waals surface area contributed by atoms with Crippen molar-refractivity contribution in [3.8, 4) is 0 Å². The van der Waals surface area contributed by atoms with Crippen LogP contribution in [0.5, 0.6) is 0 Å². The minimum atomic E-state index is -0.261. The van der Waals surface area contributed by atoms with E-state index in [0.717, 1.165) is 16.2 Å². The highest BCUT2D eigenvalue weighted by atomic mass is 16.5. The Morgan fingerprint density at radius 3 is 2.20 bits per heavy atom. The summed E-state index contributed by atoms with van der Waals surface area (Å²) in [4.78, 5) is 12.5. The van der Waals surface area contributed by atoms with Crippen LogP contribution in [0.3, 0.4) is 0 Å². The van der Waals surface area contributed by atoms with E-state index in [1.807, 2.05) is 19.1 Å². The van der Waals surface area contributed by atoms with E-state index < -0.39 is 0 Å². The molecule has 0 N–H and O–H groups in total. The molecule has 2 heteroatoms. The predicted molar refractivity (Wildman–Crippen MR) is 104 cm³/mol. The zero-order valence-corrected chi connectivity index (χ0v) is 13.9. The van der Waals surface area contributed by atoms with Gasteiger partial charge in [0.1, 0.15) is 0 Å². The van der Waals surface area contributed by atoms with E-state index in [2.05, 4.69) is 54.6 Å². The molecule has 0 fully saturated rings. The summed E-state index contributed by atoms with van der Waals surface area (Å²) in [6, 6.07) is 23.0. The van der Waals surface area contributed by atoms with Gasteiger partial charge in [-0.05, 0) is 56.8 Å². The second-order valence-corrected chi connectivity index (χ2v) is 6.36. The molecule has 5 aromatic rings. The molecule has 0 aliphatic carbocycles. The number of ether oxygens (including phenoxy) is 1. The zero-order chi connectivity index (χ0) is 17.0. The van der Waals surface area contributed by atoms with Gasteiger partial charge < -0.3 is 4.74 Å². The topological polar surface area (TPSA) is 26.3 Å². The smallest absolute Gasteiger partial charge is 0.338 e. The van der Waals surface area contributed by atoms with E-state index in [1.165, 1.54) is 26.9 Å². The molecule has 25 heavy (non-hydrogen) atoms. The monoisotopic (exact) mass is 324 g/mol. The fourth-order valence-corrected chi connectivity index (χ4v) is 3.98. The fourth-order valence-electron chi connectivity index (χ4n) is 3.98. The molecule has 0 saturated heterocycles. The summed E-state index contributed by atoms with van der Waals surface area (Å²) >= 11 is 0. The molecule has 5 aromatic carbocycles. The first-order valence-corrected chi connectivity index (χ1v) is 8.54. The molecule has 120 valence electrons. The van der Waals surface area contributed by atoms with Crippen LogP contribution in [-0.4, -0.2) is 12.6 Å². The Balaban J connectivity index is 2.03. The van der Waals surface area contributed by atoms with Gasteiger partial charge in [-0.1, -0.05) is 54.6 Å². The van der Waals surface area contributed by atoms with Gasteiger partial charge >= 0.3 is 5.97 Å². The molecule has 0 atom stereocenters. The van der Waals surface area contributed by atoms with Crippen molar-refractivity contribution in [3.05, 3.63) is 72.3 Å². The lowest BCUT2D eigenvalue weighted by molar-refractivity contribution is 0.0529. The Bertz CT molecular complexity index is 1250. The average molecular weight is 324 g/mol. The van der Waals surface area contributed by atoms with Gasteiger partial charge in [0.25, 0.3) is 0 Å². The van der Waals surface area contributed by atoms with E-state index in [9.17, 15) is 4.79 Å². The lowest BCUT2D eigenvalue weighted by Crippen LogP contribution is -2.05. The van der Waals surface area contributed by atoms with Gasteiger partial charge in [0.05, 0.1) is 12.2 Å². The maximum Gasteiger partial charge on any atom is 0.338 e. The number of carbonyl (C=O) groups is 1. The molecule has 0 aromatic heterocycles. The van der Waals surface area contributed by atoms with Crippen LogP contribution in [0.4, 0.5) is 0 Å². The van der Waals surface area contributed by atoms with E-state index in [4.69, 9.17) is 4.74 Å². The number of fused-ring (bicyclic) bond motifs is 2. The summed E-state index contributed by atoms with van der Waals surface area (Å²) in [5.74, 6) is -0.261. The van der Waals surface area contributed by atoms with Gasteiger partial charge in [-0.25, -0.2) is 4.79 Å². The Kier molecular flexibility index (Phi) is 2.95. The van der Waals surface area contributed by atoms with Crippen LogP contribution in [0.15, 0.2) is 66.7 Å². The van der Waals surface area contributed by atoms with Crippen LogP contribution in [-0.2, 0) is 4.74 Å². The van der Waals surface area contributed by atoms with Crippen LogP contribution < -0.4 is 0 Å². The molecule has 5 rings (SSSR count). The minimum Gasteiger partial charge on any atom is -0.462 e. The van der Waals surface area contributed by atoms with Crippen molar-refractivity contribution in [2.75, 3.05) is 6.61 Å². The largest absolute Gasteiger partial charge is 0.462 e. The van der Waals surface area contributed by atoms with E-state index in [0.29, 0.717) is 12.2 Å². The third-order valence-electron chi connectivity index (χ3n) is 4.98. The van der Waals surface area contributed by atoms with Crippen LogP contribution in [0.25, 0.3) is 43.1 Å². The van der Waals surface area contributed by atoms with Gasteiger partial charge in [-0.2, -0.15) is 0 Å². The average Bonchev–Trinajstić information content (AvgIpc) is 2.65. The van der Waals surface area contributed by atoms with Crippen LogP contribution >= 0.6 is 0 Å². The lowest BCUT2D eigenvalue weighted by Gasteiger charge is -2.15. The summed E-state index contributed by atoms with van der Waals surface area (Å²) in [7, 11) is 0. The highest BCUT2D eigenvalue weighted by molar-refractivity contribution is 6.30. The third-order valence-corrected chi connectivity index (χ3v) is 4.98. The number of carbonyl (C=O) groups excluding carboxylic acids is 1. The predicted octanol–water partition coefficient (Wildman–Crippen LogP) is 5.91. The molecule has 0 amide bonds. The van der Waals surface area contributed by atoms with Crippen LogP contribution in [0.2, 0.25) is 0 Å². The van der Waals surface area contributed by atoms with E-state index in [-0.39, 0.29) is 5.97 Å². The van der Waals surface area contributed by atoms with Crippen LogP contribution in [0, 0.1) is 0 Å². The second kappa shape index (κ2) is 5.18. The van der Waals surface area contributed by atoms with Gasteiger partial charge in [-0.3, -0.25) is 0 Å². The Hall–Kier alpha value is -3.13. The minimum absolute atomic E-state index is 0.261. The number of esters is 1. The van der Waals surface area contributed by atoms with E-state index >= 15 is 0 Å². The fraction of sp³-hybridized carbons (Fsp3) is 0.0870. The molecule has 0 aliphatic rings. The van der Waals surface area contributed by atoms with Crippen molar-refractivity contribution in [3.63, 3.8) is 0 Å². The molecule has 0 saturated carbocycles. The summed E-state index contributed by atoms with van der Waals surface area (Å²) < 4.78 is 5.29. The van der Waals surface area contributed by atoms with Crippen molar-refractivity contribution in [1.82, 2.24) is 0 Å². The summed E-state index contributed by atoms with van der Waals surface area (Å²) in [6.45, 7) is 2.21. The molecule has 0 bridgehead atoms. The molecule has 0 heterocycles. The highest BCUT2D eigenvalue weighted by Crippen LogP contribution is 2.39. The Morgan fingerprint density at radius 2 is 1.40 bits per heavy atom. The third kappa shape index (κ3) is 1.94. The van der Waals surface area contributed by atoms with E-state index in [1.54, 1.807) is 0 Å². The summed E-state index contributed by atoms with van der Waals surface area (Å²) in [6.07, 6.45) is 0. The molecular formula is C23H16O2. The van der Waals surface area contributed by atoms with Crippen molar-refractivity contribution in [2.45, 2.75) is 6.92 Å². The maximum atomic E-state index is 12.5. The van der Waals surface area contributed by atoms with Crippen molar-refractivity contribution in [2.24, 2.45) is 0 Å². The van der Waals surface area contributed by atoms with Crippen molar-refractivity contribution < 1.29 is 9.53 Å². The van der Waals surface area contributed by atoms with Gasteiger partial charge in [0, 0.05) is 5.39 Å². The first-order chi connectivity index (χ1) is 12.3. The molecule has 0 unspecified atom stereocenters. The zero-order valence-electron chi connectivity index (χ0n) is 13.9. The van der Waals surface area contributed by atoms with Gasteiger partial charge in [-0.15, -0.1) is 0 Å². The second-order valence-electron chi connectivity index (χ2n) is 6.36. The molecule has 0 spiro atoms. The van der Waals surface area contributed by atoms with Crippen molar-refractivity contribution in [1.29, 1.82) is 0 Å². The first kappa shape index (κ1) is 14.2. The van der Waals surface area contributed by atoms with Gasteiger partial charge in [0.15, 0.2) is 0 Å². The molecular weight excluding hydrogens is 308 g/mol. The molecule has 2 nitrogen and oxygen atoms in total. The maximum absolute atomic E-state index is 12.5. The van der Waals surface area contributed by atoms with Gasteiger partial charge in [0.2, 0.25) is 0 Å². The van der Waals surface area contributed by atoms with Crippen LogP contribution in [0.1, 0.15) is 17.3 Å². The molecule has 0 radical (unpaired) electrons. The SMILES string of the molecule is CCOC(=O)c1cccc2cc3ccc4cccc5ccc(c12)c3c45. The lowest BCUT2D eigenvalue weighted by atomic mass is 9.89. The first-order valence-electron chi connectivity index (χ1n) is 8.54. The van der Waals surface area contributed by atoms with Crippen molar-refractivity contribution >= 4 is 49.1 Å². The highest BCUT2D eigenvalue weighted by Gasteiger charge is 2.16. The number of hydrogen-bond donors (Lipinski definition) is 0. The summed E-state index contributed by atoms with van der Waals surface area (Å²) in [5, 5.41) is 9.29. The normalized spacial score (nSPS) is 11.7. The quantitative estimate of drug-likeness (QED) is 0.229.